The minimum atomic E-state index is 0.414. The lowest BCUT2D eigenvalue weighted by Crippen LogP contribution is -2.26. The van der Waals surface area contributed by atoms with Crippen LogP contribution in [0.2, 0.25) is 0 Å². The number of rotatable bonds is 2. The van der Waals surface area contributed by atoms with Gasteiger partial charge in [-0.25, -0.2) is 0 Å². The largest absolute Gasteiger partial charge is 0.497 e. The molecule has 0 radical (unpaired) electrons. The fraction of sp³-hybridized carbons (Fsp3) is 0.556. The molecule has 0 heterocycles. The molecule has 1 saturated carbocycles. The van der Waals surface area contributed by atoms with E-state index in [0.717, 1.165) is 5.75 Å². The summed E-state index contributed by atoms with van der Waals surface area (Å²) in [5.41, 5.74) is 5.32. The molecule has 1 aromatic rings. The third kappa shape index (κ3) is 2.00. The smallest absolute Gasteiger partial charge is 0.118 e. The Morgan fingerprint density at radius 3 is 2.58 bits per heavy atom. The molecule has 3 rings (SSSR count). The Hall–Kier alpha value is -1.24. The molecule has 19 heavy (non-hydrogen) atoms. The van der Waals surface area contributed by atoms with Crippen LogP contribution in [0.25, 0.3) is 0 Å². The Kier molecular flexibility index (Phi) is 3.16. The number of methoxy groups -OCH3 is 1. The van der Waals surface area contributed by atoms with Crippen LogP contribution in [0, 0.1) is 5.41 Å². The highest BCUT2D eigenvalue weighted by Crippen LogP contribution is 2.58. The molecule has 1 fully saturated rings. The number of hydrogen-bond acceptors (Lipinski definition) is 1. The van der Waals surface area contributed by atoms with E-state index in [0.29, 0.717) is 11.3 Å². The first kappa shape index (κ1) is 12.8. The van der Waals surface area contributed by atoms with Crippen LogP contribution in [0.4, 0.5) is 0 Å². The van der Waals surface area contributed by atoms with Gasteiger partial charge in [0.15, 0.2) is 0 Å². The normalized spacial score (nSPS) is 30.4. The molecular formula is C18H24O. The maximum absolute atomic E-state index is 5.27. The first-order chi connectivity index (χ1) is 9.15. The van der Waals surface area contributed by atoms with Crippen molar-refractivity contribution in [3.63, 3.8) is 0 Å². The van der Waals surface area contributed by atoms with Gasteiger partial charge in [0.05, 0.1) is 7.11 Å². The van der Waals surface area contributed by atoms with Gasteiger partial charge in [-0.05, 0) is 61.6 Å². The summed E-state index contributed by atoms with van der Waals surface area (Å²) in [4.78, 5) is 0. The first-order valence-electron chi connectivity index (χ1n) is 7.48. The SMILES string of the molecule is COc1ccc([C@@H]2CC(C)=C3CCCC[C@]32C)cc1. The van der Waals surface area contributed by atoms with E-state index in [1.165, 1.54) is 37.7 Å². The van der Waals surface area contributed by atoms with E-state index in [2.05, 4.69) is 38.1 Å². The lowest BCUT2D eigenvalue weighted by molar-refractivity contribution is 0.266. The van der Waals surface area contributed by atoms with Crippen molar-refractivity contribution in [1.29, 1.82) is 0 Å². The molecule has 0 aliphatic heterocycles. The van der Waals surface area contributed by atoms with Crippen LogP contribution in [-0.4, -0.2) is 7.11 Å². The second-order valence-electron chi connectivity index (χ2n) is 6.41. The molecule has 1 heteroatoms. The average Bonchev–Trinajstić information content (AvgIpc) is 2.71. The molecule has 2 aliphatic rings. The van der Waals surface area contributed by atoms with Gasteiger partial charge in [0, 0.05) is 0 Å². The van der Waals surface area contributed by atoms with E-state index in [9.17, 15) is 0 Å². The van der Waals surface area contributed by atoms with Crippen molar-refractivity contribution in [3.8, 4) is 5.75 Å². The van der Waals surface area contributed by atoms with Gasteiger partial charge >= 0.3 is 0 Å². The predicted octanol–water partition coefficient (Wildman–Crippen LogP) is 5.08. The monoisotopic (exact) mass is 256 g/mol. The number of ether oxygens (including phenoxy) is 1. The highest BCUT2D eigenvalue weighted by Gasteiger charge is 2.44. The lowest BCUT2D eigenvalue weighted by Gasteiger charge is -2.39. The first-order valence-corrected chi connectivity index (χ1v) is 7.48. The third-order valence-corrected chi connectivity index (χ3v) is 5.38. The van der Waals surface area contributed by atoms with Crippen molar-refractivity contribution in [2.75, 3.05) is 7.11 Å². The number of allylic oxidation sites excluding steroid dienone is 2. The van der Waals surface area contributed by atoms with Crippen LogP contribution in [-0.2, 0) is 0 Å². The molecule has 0 spiro atoms. The molecule has 1 nitrogen and oxygen atoms in total. The predicted molar refractivity (Wildman–Crippen MR) is 79.6 cm³/mol. The van der Waals surface area contributed by atoms with Crippen LogP contribution in [0.15, 0.2) is 35.4 Å². The summed E-state index contributed by atoms with van der Waals surface area (Å²) in [5, 5.41) is 0. The average molecular weight is 256 g/mol. The fourth-order valence-electron chi connectivity index (χ4n) is 4.29. The van der Waals surface area contributed by atoms with Crippen LogP contribution in [0.3, 0.4) is 0 Å². The molecule has 0 unspecified atom stereocenters. The molecule has 0 N–H and O–H groups in total. The van der Waals surface area contributed by atoms with E-state index < -0.39 is 0 Å². The lowest BCUT2D eigenvalue weighted by atomic mass is 9.65. The zero-order valence-electron chi connectivity index (χ0n) is 12.3. The summed E-state index contributed by atoms with van der Waals surface area (Å²) >= 11 is 0. The summed E-state index contributed by atoms with van der Waals surface area (Å²) < 4.78 is 5.27. The van der Waals surface area contributed by atoms with Crippen molar-refractivity contribution >= 4 is 0 Å². The second kappa shape index (κ2) is 4.70. The molecule has 0 bridgehead atoms. The Bertz CT molecular complexity index is 497. The van der Waals surface area contributed by atoms with E-state index in [1.807, 2.05) is 0 Å². The van der Waals surface area contributed by atoms with Crippen LogP contribution in [0.1, 0.15) is 57.4 Å². The topological polar surface area (TPSA) is 9.23 Å². The number of hydrogen-bond donors (Lipinski definition) is 0. The molecule has 0 amide bonds. The zero-order chi connectivity index (χ0) is 13.5. The van der Waals surface area contributed by atoms with Gasteiger partial charge in [-0.1, -0.05) is 36.6 Å². The van der Waals surface area contributed by atoms with E-state index in [-0.39, 0.29) is 0 Å². The summed E-state index contributed by atoms with van der Waals surface area (Å²) in [7, 11) is 1.73. The molecule has 2 atom stereocenters. The van der Waals surface area contributed by atoms with Gasteiger partial charge in [0.2, 0.25) is 0 Å². The number of benzene rings is 1. The maximum atomic E-state index is 5.27. The Labute approximate surface area is 116 Å². The summed E-state index contributed by atoms with van der Waals surface area (Å²) in [5.74, 6) is 1.63. The second-order valence-corrected chi connectivity index (χ2v) is 6.41. The van der Waals surface area contributed by atoms with Gasteiger partial charge in [-0.2, -0.15) is 0 Å². The van der Waals surface area contributed by atoms with Gasteiger partial charge in [0.1, 0.15) is 5.75 Å². The number of fused-ring (bicyclic) bond motifs is 1. The van der Waals surface area contributed by atoms with Crippen molar-refractivity contribution in [1.82, 2.24) is 0 Å². The van der Waals surface area contributed by atoms with Gasteiger partial charge < -0.3 is 4.74 Å². The van der Waals surface area contributed by atoms with Crippen molar-refractivity contribution in [3.05, 3.63) is 41.0 Å². The van der Waals surface area contributed by atoms with E-state index in [1.54, 1.807) is 18.3 Å². The molecule has 0 saturated heterocycles. The minimum Gasteiger partial charge on any atom is -0.497 e. The fourth-order valence-corrected chi connectivity index (χ4v) is 4.29. The van der Waals surface area contributed by atoms with Crippen LogP contribution < -0.4 is 4.74 Å². The Balaban J connectivity index is 1.93. The summed E-state index contributed by atoms with van der Waals surface area (Å²) in [6.45, 7) is 4.84. The minimum absolute atomic E-state index is 0.414. The van der Waals surface area contributed by atoms with Crippen molar-refractivity contribution in [2.45, 2.75) is 51.9 Å². The molecule has 2 aliphatic carbocycles. The van der Waals surface area contributed by atoms with Crippen LogP contribution >= 0.6 is 0 Å². The standard InChI is InChI=1S/C18H24O/c1-13-12-17(14-7-9-15(19-3)10-8-14)18(2)11-5-4-6-16(13)18/h7-10,17H,4-6,11-12H2,1-3H3/t17-,18+/m0/s1. The highest BCUT2D eigenvalue weighted by atomic mass is 16.5. The highest BCUT2D eigenvalue weighted by molar-refractivity contribution is 5.40. The van der Waals surface area contributed by atoms with Gasteiger partial charge in [0.25, 0.3) is 0 Å². The quantitative estimate of drug-likeness (QED) is 0.670. The van der Waals surface area contributed by atoms with Crippen molar-refractivity contribution < 1.29 is 4.74 Å². The Morgan fingerprint density at radius 2 is 1.89 bits per heavy atom. The zero-order valence-corrected chi connectivity index (χ0v) is 12.3. The maximum Gasteiger partial charge on any atom is 0.118 e. The van der Waals surface area contributed by atoms with E-state index >= 15 is 0 Å². The molecule has 1 aromatic carbocycles. The van der Waals surface area contributed by atoms with Gasteiger partial charge in [-0.15, -0.1) is 0 Å². The van der Waals surface area contributed by atoms with Crippen LogP contribution in [0.5, 0.6) is 5.75 Å². The molecular weight excluding hydrogens is 232 g/mol. The van der Waals surface area contributed by atoms with Crippen molar-refractivity contribution in [2.24, 2.45) is 5.41 Å². The molecule has 0 aromatic heterocycles. The van der Waals surface area contributed by atoms with E-state index in [4.69, 9.17) is 4.74 Å². The molecule has 102 valence electrons. The summed E-state index contributed by atoms with van der Waals surface area (Å²) in [6, 6.07) is 8.74. The third-order valence-electron chi connectivity index (χ3n) is 5.38. The summed E-state index contributed by atoms with van der Waals surface area (Å²) in [6.07, 6.45) is 6.71. The Morgan fingerprint density at radius 1 is 1.16 bits per heavy atom. The van der Waals surface area contributed by atoms with Gasteiger partial charge in [-0.3, -0.25) is 0 Å².